The van der Waals surface area contributed by atoms with E-state index in [-0.39, 0.29) is 16.8 Å². The molecular formula is C17H25N3O4S. The molecule has 2 aliphatic rings. The molecule has 0 radical (unpaired) electrons. The molecule has 0 saturated carbocycles. The Balaban J connectivity index is 1.63. The minimum Gasteiger partial charge on any atom is -0.381 e. The lowest BCUT2D eigenvalue weighted by Gasteiger charge is -2.23. The van der Waals surface area contributed by atoms with Gasteiger partial charge < -0.3 is 15.4 Å². The number of ether oxygens (including phenoxy) is 1. The van der Waals surface area contributed by atoms with Crippen LogP contribution in [0.1, 0.15) is 36.0 Å². The van der Waals surface area contributed by atoms with Crippen LogP contribution in [0.4, 0.5) is 0 Å². The number of amides is 1. The van der Waals surface area contributed by atoms with E-state index >= 15 is 0 Å². The van der Waals surface area contributed by atoms with E-state index in [1.165, 1.54) is 12.1 Å². The minimum absolute atomic E-state index is 0.116. The number of carbonyl (C=O) groups excluding carboxylic acids is 1. The van der Waals surface area contributed by atoms with Crippen molar-refractivity contribution in [2.24, 2.45) is 0 Å². The van der Waals surface area contributed by atoms with Crippen LogP contribution in [0.3, 0.4) is 0 Å². The molecule has 25 heavy (non-hydrogen) atoms. The lowest BCUT2D eigenvalue weighted by atomic mass is 10.1. The van der Waals surface area contributed by atoms with Gasteiger partial charge in [-0.3, -0.25) is 4.79 Å². The van der Waals surface area contributed by atoms with Crippen molar-refractivity contribution in [2.45, 2.75) is 42.7 Å². The van der Waals surface area contributed by atoms with Crippen molar-refractivity contribution >= 4 is 15.9 Å². The van der Waals surface area contributed by atoms with Crippen molar-refractivity contribution in [2.75, 3.05) is 26.3 Å². The maximum absolute atomic E-state index is 12.5. The SMILES string of the molecule is O=C(NC[C@@H]1CCCN1)c1cccc(S(=O)(=O)NC2CCOCC2)c1. The fourth-order valence-corrected chi connectivity index (χ4v) is 4.51. The molecule has 1 aromatic rings. The van der Waals surface area contributed by atoms with Gasteiger partial charge in [0.25, 0.3) is 5.91 Å². The van der Waals surface area contributed by atoms with Crippen LogP contribution < -0.4 is 15.4 Å². The van der Waals surface area contributed by atoms with E-state index in [4.69, 9.17) is 4.74 Å². The normalized spacial score (nSPS) is 22.0. The van der Waals surface area contributed by atoms with Gasteiger partial charge in [0.15, 0.2) is 0 Å². The van der Waals surface area contributed by atoms with Crippen molar-refractivity contribution in [1.82, 2.24) is 15.4 Å². The van der Waals surface area contributed by atoms with E-state index in [0.29, 0.717) is 44.2 Å². The molecule has 2 heterocycles. The lowest BCUT2D eigenvalue weighted by Crippen LogP contribution is -2.39. The van der Waals surface area contributed by atoms with Gasteiger partial charge in [-0.15, -0.1) is 0 Å². The first-order valence-corrected chi connectivity index (χ1v) is 10.2. The number of rotatable bonds is 6. The third kappa shape index (κ3) is 5.01. The zero-order valence-electron chi connectivity index (χ0n) is 14.2. The van der Waals surface area contributed by atoms with E-state index < -0.39 is 10.0 Å². The summed E-state index contributed by atoms with van der Waals surface area (Å²) in [6.07, 6.45) is 3.48. The van der Waals surface area contributed by atoms with E-state index in [1.54, 1.807) is 12.1 Å². The summed E-state index contributed by atoms with van der Waals surface area (Å²) in [6.45, 7) is 2.65. The van der Waals surface area contributed by atoms with Crippen LogP contribution in [0.5, 0.6) is 0 Å². The third-order valence-corrected chi connectivity index (χ3v) is 6.14. The highest BCUT2D eigenvalue weighted by Gasteiger charge is 2.23. The Morgan fingerprint density at radius 1 is 1.24 bits per heavy atom. The standard InChI is InChI=1S/C17H25N3O4S/c21-17(19-12-15-4-2-8-18-15)13-3-1-5-16(11-13)25(22,23)20-14-6-9-24-10-7-14/h1,3,5,11,14-15,18,20H,2,4,6-10,12H2,(H,19,21)/t15-/m0/s1. The van der Waals surface area contributed by atoms with Gasteiger partial charge in [-0.2, -0.15) is 0 Å². The minimum atomic E-state index is -3.64. The van der Waals surface area contributed by atoms with Gasteiger partial charge in [-0.1, -0.05) is 6.07 Å². The van der Waals surface area contributed by atoms with E-state index in [9.17, 15) is 13.2 Å². The monoisotopic (exact) mass is 367 g/mol. The lowest BCUT2D eigenvalue weighted by molar-refractivity contribution is 0.0832. The molecule has 2 aliphatic heterocycles. The Morgan fingerprint density at radius 3 is 2.76 bits per heavy atom. The van der Waals surface area contributed by atoms with Gasteiger partial charge in [0.1, 0.15) is 0 Å². The number of hydrogen-bond donors (Lipinski definition) is 3. The van der Waals surface area contributed by atoms with Crippen molar-refractivity contribution < 1.29 is 17.9 Å². The average molecular weight is 367 g/mol. The van der Waals surface area contributed by atoms with Crippen LogP contribution in [-0.4, -0.2) is 52.7 Å². The second kappa shape index (κ2) is 8.27. The Labute approximate surface area is 148 Å². The van der Waals surface area contributed by atoms with Crippen molar-refractivity contribution in [3.05, 3.63) is 29.8 Å². The molecule has 1 atom stereocenters. The third-order valence-electron chi connectivity index (χ3n) is 4.62. The van der Waals surface area contributed by atoms with Crippen molar-refractivity contribution in [1.29, 1.82) is 0 Å². The van der Waals surface area contributed by atoms with Gasteiger partial charge in [-0.05, 0) is 50.4 Å². The molecule has 1 aromatic carbocycles. The Kier molecular flexibility index (Phi) is 6.06. The predicted octanol–water partition coefficient (Wildman–Crippen LogP) is 0.626. The highest BCUT2D eigenvalue weighted by Crippen LogP contribution is 2.15. The highest BCUT2D eigenvalue weighted by atomic mass is 32.2. The zero-order chi connectivity index (χ0) is 17.7. The summed E-state index contributed by atoms with van der Waals surface area (Å²) in [5.74, 6) is -0.253. The van der Waals surface area contributed by atoms with Crippen LogP contribution in [-0.2, 0) is 14.8 Å². The van der Waals surface area contributed by atoms with Crippen molar-refractivity contribution in [3.63, 3.8) is 0 Å². The molecule has 138 valence electrons. The second-order valence-electron chi connectivity index (χ2n) is 6.54. The number of benzene rings is 1. The molecule has 0 bridgehead atoms. The Hall–Kier alpha value is -1.48. The summed E-state index contributed by atoms with van der Waals surface area (Å²) < 4.78 is 33.0. The maximum atomic E-state index is 12.5. The summed E-state index contributed by atoms with van der Waals surface area (Å²) in [4.78, 5) is 12.4. The fraction of sp³-hybridized carbons (Fsp3) is 0.588. The Morgan fingerprint density at radius 2 is 2.04 bits per heavy atom. The number of hydrogen-bond acceptors (Lipinski definition) is 5. The summed E-state index contributed by atoms with van der Waals surface area (Å²) in [5, 5.41) is 6.18. The summed E-state index contributed by atoms with van der Waals surface area (Å²) in [6, 6.07) is 6.35. The molecule has 0 unspecified atom stereocenters. The van der Waals surface area contributed by atoms with Crippen LogP contribution in [0.15, 0.2) is 29.2 Å². The van der Waals surface area contributed by atoms with Gasteiger partial charge >= 0.3 is 0 Å². The first-order valence-electron chi connectivity index (χ1n) is 8.76. The van der Waals surface area contributed by atoms with E-state index in [1.807, 2.05) is 0 Å². The molecule has 0 aliphatic carbocycles. The number of nitrogens with one attached hydrogen (secondary N) is 3. The molecule has 2 fully saturated rings. The van der Waals surface area contributed by atoms with Gasteiger partial charge in [0, 0.05) is 37.4 Å². The van der Waals surface area contributed by atoms with E-state index in [2.05, 4.69) is 15.4 Å². The quantitative estimate of drug-likeness (QED) is 0.685. The van der Waals surface area contributed by atoms with Gasteiger partial charge in [-0.25, -0.2) is 13.1 Å². The van der Waals surface area contributed by atoms with Crippen LogP contribution in [0, 0.1) is 0 Å². The first kappa shape index (κ1) is 18.3. The van der Waals surface area contributed by atoms with Gasteiger partial charge in [0.2, 0.25) is 10.0 Å². The van der Waals surface area contributed by atoms with Crippen molar-refractivity contribution in [3.8, 4) is 0 Å². The fourth-order valence-electron chi connectivity index (χ4n) is 3.16. The largest absolute Gasteiger partial charge is 0.381 e. The molecule has 0 spiro atoms. The van der Waals surface area contributed by atoms with Gasteiger partial charge in [0.05, 0.1) is 4.90 Å². The molecule has 8 heteroatoms. The summed E-state index contributed by atoms with van der Waals surface area (Å²) in [7, 11) is -3.64. The molecule has 7 nitrogen and oxygen atoms in total. The predicted molar refractivity (Wildman–Crippen MR) is 94.0 cm³/mol. The molecule has 2 saturated heterocycles. The molecule has 1 amide bonds. The Bertz CT molecular complexity index is 696. The molecule has 0 aromatic heterocycles. The second-order valence-corrected chi connectivity index (χ2v) is 8.25. The number of sulfonamides is 1. The van der Waals surface area contributed by atoms with Crippen LogP contribution in [0.25, 0.3) is 0 Å². The molecule has 3 N–H and O–H groups in total. The van der Waals surface area contributed by atoms with E-state index in [0.717, 1.165) is 19.4 Å². The first-order chi connectivity index (χ1) is 12.0. The molecule has 3 rings (SSSR count). The maximum Gasteiger partial charge on any atom is 0.251 e. The zero-order valence-corrected chi connectivity index (χ0v) is 15.0. The smallest absolute Gasteiger partial charge is 0.251 e. The summed E-state index contributed by atoms with van der Waals surface area (Å²) in [5.41, 5.74) is 0.354. The molecular weight excluding hydrogens is 342 g/mol. The summed E-state index contributed by atoms with van der Waals surface area (Å²) >= 11 is 0. The topological polar surface area (TPSA) is 96.5 Å². The highest BCUT2D eigenvalue weighted by molar-refractivity contribution is 7.89. The number of carbonyl (C=O) groups is 1. The average Bonchev–Trinajstić information content (AvgIpc) is 3.14. The van der Waals surface area contributed by atoms with Crippen LogP contribution in [0.2, 0.25) is 0 Å². The van der Waals surface area contributed by atoms with Crippen LogP contribution >= 0.6 is 0 Å².